The van der Waals surface area contributed by atoms with E-state index in [-0.39, 0.29) is 24.0 Å². The van der Waals surface area contributed by atoms with Gasteiger partial charge in [0.05, 0.1) is 7.11 Å². The van der Waals surface area contributed by atoms with Crippen molar-refractivity contribution in [1.29, 1.82) is 0 Å². The molecule has 1 amide bonds. The molecule has 3 N–H and O–H groups in total. The summed E-state index contributed by atoms with van der Waals surface area (Å²) in [6.45, 7) is 3.65. The third-order valence-electron chi connectivity index (χ3n) is 3.76. The van der Waals surface area contributed by atoms with Crippen LogP contribution in [0.15, 0.2) is 46.1 Å². The van der Waals surface area contributed by atoms with Crippen LogP contribution in [0, 0.1) is 0 Å². The number of nitrogens with zero attached hydrogens (tertiary/aromatic N) is 1. The standard InChI is InChI=1S/C18H24N4O2S.HI/c1-13(15-8-9-25-12-15)10-20-17(19-2)21-11-14-4-6-16(7-5-14)22-18(23)24-3;/h4-9,12-13H,10-11H2,1-3H3,(H,22,23)(H2,19,20,21);1H. The molecular weight excluding hydrogens is 463 g/mol. The van der Waals surface area contributed by atoms with Crippen LogP contribution in [0.4, 0.5) is 10.5 Å². The Morgan fingerprint density at radius 2 is 1.96 bits per heavy atom. The number of halogens is 1. The Hall–Kier alpha value is -1.81. The quantitative estimate of drug-likeness (QED) is 0.326. The molecular formula is C18H25IN4O2S. The number of anilines is 1. The fourth-order valence-corrected chi connectivity index (χ4v) is 2.99. The molecule has 0 saturated carbocycles. The highest BCUT2D eigenvalue weighted by molar-refractivity contribution is 14.0. The lowest BCUT2D eigenvalue weighted by molar-refractivity contribution is 0.187. The van der Waals surface area contributed by atoms with Crippen LogP contribution in [-0.4, -0.2) is 32.8 Å². The van der Waals surface area contributed by atoms with Crippen LogP contribution in [0.25, 0.3) is 0 Å². The zero-order valence-electron chi connectivity index (χ0n) is 15.1. The van der Waals surface area contributed by atoms with Gasteiger partial charge in [0, 0.05) is 25.8 Å². The first kappa shape index (κ1) is 22.2. The molecule has 0 saturated heterocycles. The Balaban J connectivity index is 0.00000338. The summed E-state index contributed by atoms with van der Waals surface area (Å²) in [6, 6.07) is 9.71. The fraction of sp³-hybridized carbons (Fsp3) is 0.333. The van der Waals surface area contributed by atoms with Gasteiger partial charge in [0.2, 0.25) is 0 Å². The van der Waals surface area contributed by atoms with Crippen molar-refractivity contribution in [1.82, 2.24) is 10.6 Å². The van der Waals surface area contributed by atoms with Crippen molar-refractivity contribution < 1.29 is 9.53 Å². The lowest BCUT2D eigenvalue weighted by Crippen LogP contribution is -2.38. The topological polar surface area (TPSA) is 74.8 Å². The number of nitrogens with one attached hydrogen (secondary N) is 3. The lowest BCUT2D eigenvalue weighted by Gasteiger charge is -2.15. The molecule has 0 fully saturated rings. The minimum Gasteiger partial charge on any atom is -0.453 e. The number of amides is 1. The molecule has 1 heterocycles. The molecule has 8 heteroatoms. The van der Waals surface area contributed by atoms with Gasteiger partial charge in [-0.15, -0.1) is 24.0 Å². The van der Waals surface area contributed by atoms with E-state index in [1.54, 1.807) is 18.4 Å². The number of carbonyl (C=O) groups is 1. The van der Waals surface area contributed by atoms with Gasteiger partial charge in [0.1, 0.15) is 0 Å². The summed E-state index contributed by atoms with van der Waals surface area (Å²) in [5.74, 6) is 1.19. The van der Waals surface area contributed by atoms with Crippen molar-refractivity contribution in [3.05, 3.63) is 52.2 Å². The molecule has 6 nitrogen and oxygen atoms in total. The second kappa shape index (κ2) is 11.7. The number of methoxy groups -OCH3 is 1. The Morgan fingerprint density at radius 3 is 2.54 bits per heavy atom. The molecule has 0 radical (unpaired) electrons. The van der Waals surface area contributed by atoms with Gasteiger partial charge in [-0.1, -0.05) is 19.1 Å². The van der Waals surface area contributed by atoms with Gasteiger partial charge in [0.15, 0.2) is 5.96 Å². The van der Waals surface area contributed by atoms with E-state index in [0.717, 1.165) is 18.1 Å². The van der Waals surface area contributed by atoms with E-state index in [4.69, 9.17) is 0 Å². The fourth-order valence-electron chi connectivity index (χ4n) is 2.20. The van der Waals surface area contributed by atoms with Crippen LogP contribution in [0.1, 0.15) is 24.0 Å². The lowest BCUT2D eigenvalue weighted by atomic mass is 10.1. The third kappa shape index (κ3) is 7.20. The highest BCUT2D eigenvalue weighted by atomic mass is 127. The van der Waals surface area contributed by atoms with Gasteiger partial charge in [-0.3, -0.25) is 10.3 Å². The third-order valence-corrected chi connectivity index (χ3v) is 4.46. The maximum atomic E-state index is 11.2. The van der Waals surface area contributed by atoms with E-state index in [1.807, 2.05) is 24.3 Å². The van der Waals surface area contributed by atoms with Crippen LogP contribution >= 0.6 is 35.3 Å². The van der Waals surface area contributed by atoms with Crippen molar-refractivity contribution in [2.45, 2.75) is 19.4 Å². The zero-order valence-corrected chi connectivity index (χ0v) is 18.3. The number of aliphatic imine (C=N–C) groups is 1. The second-order valence-corrected chi connectivity index (χ2v) is 6.36. The molecule has 142 valence electrons. The molecule has 0 bridgehead atoms. The molecule has 2 rings (SSSR count). The Morgan fingerprint density at radius 1 is 1.23 bits per heavy atom. The number of thiophene rings is 1. The molecule has 0 aliphatic heterocycles. The largest absolute Gasteiger partial charge is 0.453 e. The summed E-state index contributed by atoms with van der Waals surface area (Å²) in [7, 11) is 3.10. The molecule has 2 aromatic rings. The Kier molecular flexibility index (Phi) is 10.0. The highest BCUT2D eigenvalue weighted by Gasteiger charge is 2.07. The van der Waals surface area contributed by atoms with Gasteiger partial charge < -0.3 is 15.4 Å². The number of hydrogen-bond acceptors (Lipinski definition) is 4. The minimum atomic E-state index is -0.477. The molecule has 26 heavy (non-hydrogen) atoms. The number of benzene rings is 1. The molecule has 0 spiro atoms. The second-order valence-electron chi connectivity index (χ2n) is 5.58. The van der Waals surface area contributed by atoms with E-state index in [1.165, 1.54) is 12.7 Å². The number of hydrogen-bond donors (Lipinski definition) is 3. The summed E-state index contributed by atoms with van der Waals surface area (Å²) in [5.41, 5.74) is 3.12. The summed E-state index contributed by atoms with van der Waals surface area (Å²) in [6.07, 6.45) is -0.477. The maximum Gasteiger partial charge on any atom is 0.411 e. The van der Waals surface area contributed by atoms with E-state index < -0.39 is 6.09 Å². The van der Waals surface area contributed by atoms with Crippen LogP contribution in [-0.2, 0) is 11.3 Å². The first-order valence-electron chi connectivity index (χ1n) is 8.03. The van der Waals surface area contributed by atoms with Gasteiger partial charge >= 0.3 is 6.09 Å². The Labute approximate surface area is 175 Å². The van der Waals surface area contributed by atoms with Crippen molar-refractivity contribution in [3.63, 3.8) is 0 Å². The molecule has 0 aliphatic carbocycles. The van der Waals surface area contributed by atoms with Crippen molar-refractivity contribution >= 4 is 53.1 Å². The first-order valence-corrected chi connectivity index (χ1v) is 8.97. The van der Waals surface area contributed by atoms with E-state index in [9.17, 15) is 4.79 Å². The number of carbonyl (C=O) groups excluding carboxylic acids is 1. The van der Waals surface area contributed by atoms with Crippen LogP contribution in [0.2, 0.25) is 0 Å². The minimum absolute atomic E-state index is 0. The first-order chi connectivity index (χ1) is 12.1. The zero-order chi connectivity index (χ0) is 18.1. The average molecular weight is 488 g/mol. The molecule has 1 atom stereocenters. The van der Waals surface area contributed by atoms with Gasteiger partial charge in [-0.25, -0.2) is 4.79 Å². The molecule has 1 aromatic carbocycles. The predicted molar refractivity (Wildman–Crippen MR) is 119 cm³/mol. The SMILES string of the molecule is CN=C(NCc1ccc(NC(=O)OC)cc1)NCC(C)c1ccsc1.I. The van der Waals surface area contributed by atoms with Crippen LogP contribution < -0.4 is 16.0 Å². The van der Waals surface area contributed by atoms with Gasteiger partial charge in [-0.05, 0) is 46.0 Å². The molecule has 1 aromatic heterocycles. The van der Waals surface area contributed by atoms with E-state index in [2.05, 4.69) is 49.4 Å². The number of ether oxygens (including phenoxy) is 1. The Bertz CT molecular complexity index is 690. The maximum absolute atomic E-state index is 11.2. The number of guanidine groups is 1. The normalized spacial score (nSPS) is 11.9. The van der Waals surface area contributed by atoms with Crippen LogP contribution in [0.3, 0.4) is 0 Å². The number of rotatable bonds is 6. The van der Waals surface area contributed by atoms with E-state index >= 15 is 0 Å². The van der Waals surface area contributed by atoms with Crippen LogP contribution in [0.5, 0.6) is 0 Å². The summed E-state index contributed by atoms with van der Waals surface area (Å²) < 4.78 is 4.57. The summed E-state index contributed by atoms with van der Waals surface area (Å²) >= 11 is 1.71. The highest BCUT2D eigenvalue weighted by Crippen LogP contribution is 2.17. The molecule has 1 unspecified atom stereocenters. The van der Waals surface area contributed by atoms with Gasteiger partial charge in [0.25, 0.3) is 0 Å². The molecule has 0 aliphatic rings. The van der Waals surface area contributed by atoms with Crippen molar-refractivity contribution in [2.24, 2.45) is 4.99 Å². The summed E-state index contributed by atoms with van der Waals surface area (Å²) in [4.78, 5) is 15.4. The smallest absolute Gasteiger partial charge is 0.411 e. The van der Waals surface area contributed by atoms with Crippen molar-refractivity contribution in [2.75, 3.05) is 26.0 Å². The predicted octanol–water partition coefficient (Wildman–Crippen LogP) is 4.01. The van der Waals surface area contributed by atoms with E-state index in [0.29, 0.717) is 18.2 Å². The average Bonchev–Trinajstić information content (AvgIpc) is 3.17. The van der Waals surface area contributed by atoms with Gasteiger partial charge in [-0.2, -0.15) is 11.3 Å². The summed E-state index contributed by atoms with van der Waals surface area (Å²) in [5, 5.41) is 13.5. The monoisotopic (exact) mass is 488 g/mol. The van der Waals surface area contributed by atoms with Crippen molar-refractivity contribution in [3.8, 4) is 0 Å².